The van der Waals surface area contributed by atoms with E-state index in [-0.39, 0.29) is 18.1 Å². The predicted octanol–water partition coefficient (Wildman–Crippen LogP) is 1.80. The maximum atomic E-state index is 12.8. The lowest BCUT2D eigenvalue weighted by atomic mass is 9.87. The van der Waals surface area contributed by atoms with Crippen LogP contribution in [0, 0.1) is 5.92 Å². The van der Waals surface area contributed by atoms with E-state index in [0.29, 0.717) is 24.3 Å². The molecule has 0 bridgehead atoms. The van der Waals surface area contributed by atoms with Crippen LogP contribution in [-0.4, -0.2) is 43.3 Å². The molecule has 1 amide bonds. The summed E-state index contributed by atoms with van der Waals surface area (Å²) in [6, 6.07) is 3.89. The first-order chi connectivity index (χ1) is 11.5. The second-order valence-corrected chi connectivity index (χ2v) is 7.20. The largest absolute Gasteiger partial charge is 0.397 e. The molecule has 6 nitrogen and oxygen atoms in total. The third kappa shape index (κ3) is 3.43. The first-order valence-corrected chi connectivity index (χ1v) is 8.83. The van der Waals surface area contributed by atoms with E-state index < -0.39 is 0 Å². The molecule has 1 heterocycles. The van der Waals surface area contributed by atoms with Gasteiger partial charge in [-0.1, -0.05) is 6.92 Å². The van der Waals surface area contributed by atoms with Gasteiger partial charge in [-0.15, -0.1) is 0 Å². The molecule has 24 heavy (non-hydrogen) atoms. The maximum absolute atomic E-state index is 12.8. The van der Waals surface area contributed by atoms with Crippen LogP contribution >= 0.6 is 0 Å². The first-order valence-electron chi connectivity index (χ1n) is 8.83. The average Bonchev–Trinajstić information content (AvgIpc) is 2.54. The minimum Gasteiger partial charge on any atom is -0.397 e. The summed E-state index contributed by atoms with van der Waals surface area (Å²) in [5, 5.41) is 15.8. The molecule has 5 N–H and O–H groups in total. The number of rotatable bonds is 4. The zero-order chi connectivity index (χ0) is 17.3. The van der Waals surface area contributed by atoms with Crippen LogP contribution in [-0.2, 0) is 0 Å². The monoisotopic (exact) mass is 332 g/mol. The number of benzene rings is 1. The van der Waals surface area contributed by atoms with Crippen molar-refractivity contribution in [1.29, 1.82) is 0 Å². The Hall–Kier alpha value is -1.95. The van der Waals surface area contributed by atoms with Crippen LogP contribution < -0.4 is 21.3 Å². The lowest BCUT2D eigenvalue weighted by Crippen LogP contribution is -2.51. The van der Waals surface area contributed by atoms with Gasteiger partial charge in [-0.05, 0) is 43.7 Å². The van der Waals surface area contributed by atoms with E-state index in [1.165, 1.54) is 0 Å². The number of aliphatic hydroxyl groups is 1. The van der Waals surface area contributed by atoms with Gasteiger partial charge in [0, 0.05) is 26.2 Å². The van der Waals surface area contributed by atoms with Crippen molar-refractivity contribution >= 4 is 23.0 Å². The van der Waals surface area contributed by atoms with E-state index in [2.05, 4.69) is 17.6 Å². The van der Waals surface area contributed by atoms with Crippen molar-refractivity contribution in [1.82, 2.24) is 5.32 Å². The van der Waals surface area contributed by atoms with Crippen LogP contribution in [0.3, 0.4) is 0 Å². The molecule has 2 fully saturated rings. The Morgan fingerprint density at radius 3 is 2.50 bits per heavy atom. The molecule has 0 atom stereocenters. The van der Waals surface area contributed by atoms with Gasteiger partial charge < -0.3 is 26.4 Å². The third-order valence-electron chi connectivity index (χ3n) is 5.24. The molecule has 132 valence electrons. The molecule has 0 aromatic heterocycles. The number of anilines is 3. The van der Waals surface area contributed by atoms with E-state index in [0.717, 1.165) is 43.0 Å². The van der Waals surface area contributed by atoms with Gasteiger partial charge in [-0.3, -0.25) is 4.79 Å². The Balaban J connectivity index is 1.80. The van der Waals surface area contributed by atoms with Gasteiger partial charge in [0.2, 0.25) is 0 Å². The summed E-state index contributed by atoms with van der Waals surface area (Å²) in [6.07, 6.45) is 4.08. The number of aliphatic hydroxyl groups excluding tert-OH is 1. The minimum atomic E-state index is -0.323. The Kier molecular flexibility index (Phi) is 4.85. The molecule has 1 aliphatic heterocycles. The predicted molar refractivity (Wildman–Crippen MR) is 97.5 cm³/mol. The first kappa shape index (κ1) is 16.9. The van der Waals surface area contributed by atoms with Gasteiger partial charge in [0.25, 0.3) is 5.91 Å². The number of nitrogens with one attached hydrogen (secondary N) is 2. The molecule has 6 heteroatoms. The van der Waals surface area contributed by atoms with Crippen molar-refractivity contribution in [3.8, 4) is 0 Å². The van der Waals surface area contributed by atoms with E-state index in [1.807, 2.05) is 18.0 Å². The molecule has 0 spiro atoms. The summed E-state index contributed by atoms with van der Waals surface area (Å²) in [7, 11) is 1.81. The van der Waals surface area contributed by atoms with Crippen LogP contribution in [0.5, 0.6) is 0 Å². The highest BCUT2D eigenvalue weighted by Crippen LogP contribution is 2.33. The second kappa shape index (κ2) is 6.89. The number of nitrogens with two attached hydrogens (primary N) is 1. The van der Waals surface area contributed by atoms with E-state index in [9.17, 15) is 9.90 Å². The highest BCUT2D eigenvalue weighted by atomic mass is 16.3. The lowest BCUT2D eigenvalue weighted by molar-refractivity contribution is 0.0921. The standard InChI is InChI=1S/C18H28N4O2/c1-11-3-5-12(6-4-11)21-18(24)14-7-15(19)16(20-2)8-17(14)22-9-13(23)10-22/h7-8,11-13,20,23H,3-6,9-10,19H2,1-2H3,(H,21,24). The van der Waals surface area contributed by atoms with Crippen LogP contribution in [0.15, 0.2) is 12.1 Å². The van der Waals surface area contributed by atoms with E-state index >= 15 is 0 Å². The molecule has 2 aliphatic rings. The highest BCUT2D eigenvalue weighted by Gasteiger charge is 2.29. The highest BCUT2D eigenvalue weighted by molar-refractivity contribution is 6.02. The van der Waals surface area contributed by atoms with Gasteiger partial charge in [0.05, 0.1) is 28.7 Å². The van der Waals surface area contributed by atoms with E-state index in [4.69, 9.17) is 5.73 Å². The molecule has 1 aromatic rings. The summed E-state index contributed by atoms with van der Waals surface area (Å²) < 4.78 is 0. The van der Waals surface area contributed by atoms with Crippen LogP contribution in [0.2, 0.25) is 0 Å². The molecular weight excluding hydrogens is 304 g/mol. The summed E-state index contributed by atoms with van der Waals surface area (Å²) in [4.78, 5) is 14.8. The fraction of sp³-hybridized carbons (Fsp3) is 0.611. The number of carbonyl (C=O) groups excluding carboxylic acids is 1. The van der Waals surface area contributed by atoms with Crippen molar-refractivity contribution in [2.75, 3.05) is 36.1 Å². The van der Waals surface area contributed by atoms with Crippen molar-refractivity contribution in [2.45, 2.75) is 44.8 Å². The smallest absolute Gasteiger partial charge is 0.253 e. The van der Waals surface area contributed by atoms with Crippen molar-refractivity contribution in [3.63, 3.8) is 0 Å². The van der Waals surface area contributed by atoms with Crippen LogP contribution in [0.25, 0.3) is 0 Å². The summed E-state index contributed by atoms with van der Waals surface area (Å²) in [5.41, 5.74) is 8.86. The quantitative estimate of drug-likeness (QED) is 0.631. The number of hydrogen-bond acceptors (Lipinski definition) is 5. The molecule has 0 radical (unpaired) electrons. The normalized spacial score (nSPS) is 24.4. The Labute approximate surface area is 143 Å². The Bertz CT molecular complexity index is 605. The maximum Gasteiger partial charge on any atom is 0.253 e. The van der Waals surface area contributed by atoms with Gasteiger partial charge in [-0.25, -0.2) is 0 Å². The number of β-amino-alcohol motifs (C(OH)–C–C–N with tert-alkyl or cyclic N) is 1. The Morgan fingerprint density at radius 1 is 1.25 bits per heavy atom. The van der Waals surface area contributed by atoms with Gasteiger partial charge in [0.1, 0.15) is 0 Å². The van der Waals surface area contributed by atoms with Gasteiger partial charge in [0.15, 0.2) is 0 Å². The number of nitrogen functional groups attached to an aromatic ring is 1. The summed E-state index contributed by atoms with van der Waals surface area (Å²) >= 11 is 0. The van der Waals surface area contributed by atoms with Crippen LogP contribution in [0.1, 0.15) is 43.0 Å². The molecular formula is C18H28N4O2. The molecule has 3 rings (SSSR count). The molecule has 1 aromatic carbocycles. The number of amides is 1. The van der Waals surface area contributed by atoms with E-state index in [1.54, 1.807) is 6.07 Å². The van der Waals surface area contributed by atoms with Crippen molar-refractivity contribution in [3.05, 3.63) is 17.7 Å². The molecule has 0 unspecified atom stereocenters. The van der Waals surface area contributed by atoms with Gasteiger partial charge in [-0.2, -0.15) is 0 Å². The minimum absolute atomic E-state index is 0.0692. The number of nitrogens with zero attached hydrogens (tertiary/aromatic N) is 1. The number of carbonyl (C=O) groups is 1. The van der Waals surface area contributed by atoms with Crippen molar-refractivity contribution in [2.24, 2.45) is 5.92 Å². The Morgan fingerprint density at radius 2 is 1.92 bits per heavy atom. The SMILES string of the molecule is CNc1cc(N2CC(O)C2)c(C(=O)NC2CCC(C)CC2)cc1N. The topological polar surface area (TPSA) is 90.6 Å². The second-order valence-electron chi connectivity index (χ2n) is 7.20. The zero-order valence-corrected chi connectivity index (χ0v) is 14.5. The molecule has 1 saturated carbocycles. The molecule has 1 aliphatic carbocycles. The lowest BCUT2D eigenvalue weighted by Gasteiger charge is -2.39. The average molecular weight is 332 g/mol. The van der Waals surface area contributed by atoms with Gasteiger partial charge >= 0.3 is 0 Å². The van der Waals surface area contributed by atoms with Crippen molar-refractivity contribution < 1.29 is 9.90 Å². The number of hydrogen-bond donors (Lipinski definition) is 4. The summed E-state index contributed by atoms with van der Waals surface area (Å²) in [5.74, 6) is 0.683. The molecule has 1 saturated heterocycles. The zero-order valence-electron chi connectivity index (χ0n) is 14.5. The fourth-order valence-electron chi connectivity index (χ4n) is 3.58. The third-order valence-corrected chi connectivity index (χ3v) is 5.24. The van der Waals surface area contributed by atoms with Crippen LogP contribution in [0.4, 0.5) is 17.1 Å². The summed E-state index contributed by atoms with van der Waals surface area (Å²) in [6.45, 7) is 3.37. The fourth-order valence-corrected chi connectivity index (χ4v) is 3.58.